The fourth-order valence-corrected chi connectivity index (χ4v) is 2.64. The lowest BCUT2D eigenvalue weighted by molar-refractivity contribution is -0.122. The second-order valence-electron chi connectivity index (χ2n) is 5.54. The predicted molar refractivity (Wildman–Crippen MR) is 95.7 cm³/mol. The Hall–Kier alpha value is -1.71. The van der Waals surface area contributed by atoms with Gasteiger partial charge in [0, 0.05) is 0 Å². The Kier molecular flexibility index (Phi) is 5.91. The van der Waals surface area contributed by atoms with E-state index < -0.39 is 6.10 Å². The molecule has 2 rings (SSSR count). The molecule has 2 aromatic carbocycles. The van der Waals surface area contributed by atoms with Gasteiger partial charge in [-0.2, -0.15) is 0 Å². The van der Waals surface area contributed by atoms with Gasteiger partial charge in [-0.3, -0.25) is 4.79 Å². The van der Waals surface area contributed by atoms with E-state index in [1.807, 2.05) is 24.3 Å². The van der Waals surface area contributed by atoms with E-state index in [4.69, 9.17) is 27.9 Å². The number of nitrogens with one attached hydrogen (secondary N) is 1. The quantitative estimate of drug-likeness (QED) is 0.769. The lowest BCUT2D eigenvalue weighted by Crippen LogP contribution is -2.30. The van der Waals surface area contributed by atoms with Gasteiger partial charge in [-0.25, -0.2) is 0 Å². The Morgan fingerprint density at radius 3 is 2.22 bits per heavy atom. The zero-order valence-electron chi connectivity index (χ0n) is 13.3. The van der Waals surface area contributed by atoms with Gasteiger partial charge in [0.25, 0.3) is 5.91 Å². The number of benzene rings is 2. The Balaban J connectivity index is 2.12. The van der Waals surface area contributed by atoms with Gasteiger partial charge < -0.3 is 10.1 Å². The average molecular weight is 352 g/mol. The zero-order valence-corrected chi connectivity index (χ0v) is 14.8. The number of para-hydroxylation sites is 2. The van der Waals surface area contributed by atoms with Crippen LogP contribution in [0.25, 0.3) is 0 Å². The summed E-state index contributed by atoms with van der Waals surface area (Å²) in [4.78, 5) is 12.3. The van der Waals surface area contributed by atoms with Gasteiger partial charge in [0.05, 0.1) is 15.7 Å². The molecule has 0 unspecified atom stereocenters. The number of ether oxygens (including phenoxy) is 1. The molecular weight excluding hydrogens is 333 g/mol. The van der Waals surface area contributed by atoms with Gasteiger partial charge in [-0.15, -0.1) is 0 Å². The van der Waals surface area contributed by atoms with E-state index in [1.54, 1.807) is 25.1 Å². The number of rotatable bonds is 5. The molecule has 23 heavy (non-hydrogen) atoms. The summed E-state index contributed by atoms with van der Waals surface area (Å²) in [6, 6.07) is 12.8. The maximum Gasteiger partial charge on any atom is 0.265 e. The van der Waals surface area contributed by atoms with E-state index in [0.717, 1.165) is 5.56 Å². The number of hydrogen-bond donors (Lipinski definition) is 1. The topological polar surface area (TPSA) is 38.3 Å². The second kappa shape index (κ2) is 7.71. The van der Waals surface area contributed by atoms with Gasteiger partial charge in [-0.1, -0.05) is 61.3 Å². The summed E-state index contributed by atoms with van der Waals surface area (Å²) >= 11 is 12.1. The van der Waals surface area contributed by atoms with Gasteiger partial charge in [0.1, 0.15) is 5.75 Å². The first kappa shape index (κ1) is 17.6. The molecular formula is C18H19Cl2NO2. The smallest absolute Gasteiger partial charge is 0.265 e. The van der Waals surface area contributed by atoms with Crippen LogP contribution in [-0.2, 0) is 4.79 Å². The van der Waals surface area contributed by atoms with Gasteiger partial charge in [0.2, 0.25) is 0 Å². The molecule has 122 valence electrons. The number of amides is 1. The van der Waals surface area contributed by atoms with Crippen LogP contribution < -0.4 is 10.1 Å². The van der Waals surface area contributed by atoms with Crippen molar-refractivity contribution in [2.45, 2.75) is 32.8 Å². The summed E-state index contributed by atoms with van der Waals surface area (Å²) in [5.41, 5.74) is 1.45. The highest BCUT2D eigenvalue weighted by molar-refractivity contribution is 6.39. The Morgan fingerprint density at radius 2 is 1.61 bits per heavy atom. The molecule has 0 spiro atoms. The third-order valence-electron chi connectivity index (χ3n) is 3.42. The summed E-state index contributed by atoms with van der Waals surface area (Å²) < 4.78 is 5.82. The molecule has 0 radical (unpaired) electrons. The monoisotopic (exact) mass is 351 g/mol. The third kappa shape index (κ3) is 4.40. The minimum atomic E-state index is -0.678. The van der Waals surface area contributed by atoms with E-state index >= 15 is 0 Å². The number of carbonyl (C=O) groups is 1. The maximum absolute atomic E-state index is 12.3. The van der Waals surface area contributed by atoms with Crippen LogP contribution in [0.1, 0.15) is 32.3 Å². The van der Waals surface area contributed by atoms with Crippen LogP contribution >= 0.6 is 23.2 Å². The molecule has 1 amide bonds. The lowest BCUT2D eigenvalue weighted by atomic mass is 10.0. The van der Waals surface area contributed by atoms with Gasteiger partial charge in [-0.05, 0) is 36.6 Å². The van der Waals surface area contributed by atoms with Crippen LogP contribution in [0.4, 0.5) is 5.69 Å². The van der Waals surface area contributed by atoms with Gasteiger partial charge in [0.15, 0.2) is 6.10 Å². The molecule has 0 heterocycles. The first-order valence-corrected chi connectivity index (χ1v) is 8.16. The molecule has 0 saturated heterocycles. The van der Waals surface area contributed by atoms with Crippen molar-refractivity contribution in [3.8, 4) is 5.75 Å². The highest BCUT2D eigenvalue weighted by atomic mass is 35.5. The molecule has 0 fully saturated rings. The normalized spacial score (nSPS) is 12.1. The fraction of sp³-hybridized carbons (Fsp3) is 0.278. The molecule has 0 saturated carbocycles. The third-order valence-corrected chi connectivity index (χ3v) is 4.05. The van der Waals surface area contributed by atoms with E-state index in [0.29, 0.717) is 27.4 Å². The van der Waals surface area contributed by atoms with Crippen molar-refractivity contribution < 1.29 is 9.53 Å². The van der Waals surface area contributed by atoms with Crippen molar-refractivity contribution in [1.82, 2.24) is 0 Å². The predicted octanol–water partition coefficient (Wildman–Crippen LogP) is 5.52. The van der Waals surface area contributed by atoms with E-state index in [9.17, 15) is 4.79 Å². The largest absolute Gasteiger partial charge is 0.481 e. The van der Waals surface area contributed by atoms with Crippen LogP contribution in [0.15, 0.2) is 42.5 Å². The van der Waals surface area contributed by atoms with Crippen molar-refractivity contribution >= 4 is 34.8 Å². The minimum Gasteiger partial charge on any atom is -0.481 e. The highest BCUT2D eigenvalue weighted by Gasteiger charge is 2.19. The van der Waals surface area contributed by atoms with E-state index in [-0.39, 0.29) is 5.91 Å². The minimum absolute atomic E-state index is 0.305. The fourth-order valence-electron chi connectivity index (χ4n) is 2.15. The van der Waals surface area contributed by atoms with Crippen molar-refractivity contribution in [1.29, 1.82) is 0 Å². The number of halogens is 2. The molecule has 3 nitrogen and oxygen atoms in total. The van der Waals surface area contributed by atoms with Crippen LogP contribution in [-0.4, -0.2) is 12.0 Å². The first-order valence-electron chi connectivity index (χ1n) is 7.40. The summed E-state index contributed by atoms with van der Waals surface area (Å²) in [7, 11) is 0. The van der Waals surface area contributed by atoms with E-state index in [2.05, 4.69) is 19.2 Å². The zero-order chi connectivity index (χ0) is 17.0. The van der Waals surface area contributed by atoms with Crippen LogP contribution in [0.5, 0.6) is 5.75 Å². The average Bonchev–Trinajstić information content (AvgIpc) is 2.51. The standard InChI is InChI=1S/C18H19Cl2NO2/c1-11(2)13-7-4-5-10-16(13)23-12(3)18(22)21-17-14(19)8-6-9-15(17)20/h4-12H,1-3H3,(H,21,22)/t12-/m1/s1. The lowest BCUT2D eigenvalue weighted by Gasteiger charge is -2.19. The van der Waals surface area contributed by atoms with Crippen molar-refractivity contribution in [2.75, 3.05) is 5.32 Å². The molecule has 1 N–H and O–H groups in total. The Bertz CT molecular complexity index is 681. The molecule has 2 aromatic rings. The number of hydrogen-bond acceptors (Lipinski definition) is 2. The van der Waals surface area contributed by atoms with Crippen LogP contribution in [0.2, 0.25) is 10.0 Å². The van der Waals surface area contributed by atoms with Crippen molar-refractivity contribution in [3.63, 3.8) is 0 Å². The molecule has 0 aliphatic rings. The molecule has 0 aliphatic carbocycles. The Morgan fingerprint density at radius 1 is 1.00 bits per heavy atom. The number of anilines is 1. The Labute approximate surface area is 146 Å². The highest BCUT2D eigenvalue weighted by Crippen LogP contribution is 2.30. The number of carbonyl (C=O) groups excluding carboxylic acids is 1. The summed E-state index contributed by atoms with van der Waals surface area (Å²) in [5, 5.41) is 3.50. The molecule has 1 atom stereocenters. The molecule has 5 heteroatoms. The maximum atomic E-state index is 12.3. The summed E-state index contributed by atoms with van der Waals surface area (Å²) in [6.07, 6.45) is -0.678. The SMILES string of the molecule is CC(C)c1ccccc1O[C@H](C)C(=O)Nc1c(Cl)cccc1Cl. The van der Waals surface area contributed by atoms with Gasteiger partial charge >= 0.3 is 0 Å². The summed E-state index contributed by atoms with van der Waals surface area (Å²) in [5.74, 6) is 0.702. The first-order chi connectivity index (χ1) is 10.9. The van der Waals surface area contributed by atoms with Crippen LogP contribution in [0.3, 0.4) is 0 Å². The second-order valence-corrected chi connectivity index (χ2v) is 6.35. The van der Waals surface area contributed by atoms with Crippen LogP contribution in [0, 0.1) is 0 Å². The molecule has 0 aromatic heterocycles. The van der Waals surface area contributed by atoms with Crippen molar-refractivity contribution in [3.05, 3.63) is 58.1 Å². The summed E-state index contributed by atoms with van der Waals surface area (Å²) in [6.45, 7) is 5.85. The van der Waals surface area contributed by atoms with E-state index in [1.165, 1.54) is 0 Å². The van der Waals surface area contributed by atoms with Crippen molar-refractivity contribution in [2.24, 2.45) is 0 Å². The molecule has 0 aliphatic heterocycles. The molecule has 0 bridgehead atoms.